The van der Waals surface area contributed by atoms with Gasteiger partial charge in [-0.05, 0) is 12.3 Å². The monoisotopic (exact) mass is 295 g/mol. The molecule has 0 aromatic rings. The average molecular weight is 295 g/mol. The summed E-state index contributed by atoms with van der Waals surface area (Å²) in [6.45, 7) is 4.90. The highest BCUT2D eigenvalue weighted by Crippen LogP contribution is 2.39. The molecule has 5 atom stereocenters. The summed E-state index contributed by atoms with van der Waals surface area (Å²) in [7, 11) is 0. The molecule has 2 heterocycles. The summed E-state index contributed by atoms with van der Waals surface area (Å²) < 4.78 is 5.53. The van der Waals surface area contributed by atoms with E-state index in [1.807, 2.05) is 6.08 Å². The third kappa shape index (κ3) is 3.46. The lowest BCUT2D eigenvalue weighted by molar-refractivity contribution is -0.146. The number of unbranched alkanes of at least 4 members (excludes halogenated alkanes) is 1. The van der Waals surface area contributed by atoms with E-state index in [1.54, 1.807) is 6.08 Å². The highest BCUT2D eigenvalue weighted by Gasteiger charge is 2.53. The van der Waals surface area contributed by atoms with Crippen LogP contribution in [0.1, 0.15) is 39.5 Å². The van der Waals surface area contributed by atoms with Crippen molar-refractivity contribution in [2.45, 2.75) is 51.7 Å². The summed E-state index contributed by atoms with van der Waals surface area (Å²) in [6.07, 6.45) is 7.16. The van der Waals surface area contributed by atoms with Gasteiger partial charge in [-0.25, -0.2) is 0 Å². The van der Waals surface area contributed by atoms with E-state index in [0.29, 0.717) is 12.5 Å². The Labute approximate surface area is 125 Å². The molecule has 21 heavy (non-hydrogen) atoms. The van der Waals surface area contributed by atoms with Gasteiger partial charge in [0.1, 0.15) is 5.92 Å². The molecule has 0 unspecified atom stereocenters. The van der Waals surface area contributed by atoms with Gasteiger partial charge in [-0.3, -0.25) is 9.59 Å². The van der Waals surface area contributed by atoms with Crippen molar-refractivity contribution in [3.63, 3.8) is 0 Å². The van der Waals surface area contributed by atoms with Crippen molar-refractivity contribution in [3.05, 3.63) is 12.2 Å². The van der Waals surface area contributed by atoms with Crippen LogP contribution in [0.5, 0.6) is 0 Å². The van der Waals surface area contributed by atoms with Crippen LogP contribution in [0.15, 0.2) is 12.2 Å². The second-order valence-corrected chi connectivity index (χ2v) is 6.00. The largest absolute Gasteiger partial charge is 0.481 e. The van der Waals surface area contributed by atoms with Gasteiger partial charge >= 0.3 is 5.97 Å². The number of amides is 1. The van der Waals surface area contributed by atoms with E-state index in [9.17, 15) is 14.7 Å². The molecular formula is C16H25NO4. The van der Waals surface area contributed by atoms with E-state index in [4.69, 9.17) is 4.74 Å². The van der Waals surface area contributed by atoms with Crippen LogP contribution in [0, 0.1) is 17.8 Å². The lowest BCUT2D eigenvalue weighted by Gasteiger charge is -2.22. The molecule has 0 radical (unpaired) electrons. The molecule has 118 valence electrons. The summed E-state index contributed by atoms with van der Waals surface area (Å²) in [5.41, 5.74) is 0. The second kappa shape index (κ2) is 7.07. The molecule has 5 nitrogen and oxygen atoms in total. The molecular weight excluding hydrogens is 270 g/mol. The quantitative estimate of drug-likeness (QED) is 0.671. The maximum atomic E-state index is 12.4. The van der Waals surface area contributed by atoms with E-state index >= 15 is 0 Å². The smallest absolute Gasteiger partial charge is 0.310 e. The van der Waals surface area contributed by atoms with Crippen LogP contribution in [0.2, 0.25) is 0 Å². The number of carbonyl (C=O) groups excluding carboxylic acids is 1. The van der Waals surface area contributed by atoms with Gasteiger partial charge in [-0.15, -0.1) is 0 Å². The summed E-state index contributed by atoms with van der Waals surface area (Å²) >= 11 is 0. The van der Waals surface area contributed by atoms with Gasteiger partial charge in [0.2, 0.25) is 5.91 Å². The maximum Gasteiger partial charge on any atom is 0.310 e. The van der Waals surface area contributed by atoms with Gasteiger partial charge in [0.25, 0.3) is 0 Å². The molecule has 2 N–H and O–H groups in total. The van der Waals surface area contributed by atoms with E-state index in [1.165, 1.54) is 0 Å². The number of hydrogen-bond donors (Lipinski definition) is 2. The first kappa shape index (κ1) is 16.0. The number of rotatable bonds is 8. The van der Waals surface area contributed by atoms with Crippen molar-refractivity contribution < 1.29 is 19.4 Å². The first-order chi connectivity index (χ1) is 10.1. The van der Waals surface area contributed by atoms with Crippen molar-refractivity contribution >= 4 is 11.9 Å². The first-order valence-corrected chi connectivity index (χ1v) is 7.92. The van der Waals surface area contributed by atoms with Crippen molar-refractivity contribution in [2.75, 3.05) is 6.54 Å². The fraction of sp³-hybridized carbons (Fsp3) is 0.750. The number of carboxylic acid groups (broad SMARTS) is 1. The van der Waals surface area contributed by atoms with Crippen molar-refractivity contribution in [3.8, 4) is 0 Å². The van der Waals surface area contributed by atoms with Gasteiger partial charge in [-0.2, -0.15) is 0 Å². The number of aliphatic carboxylic acids is 1. The molecule has 2 aliphatic rings. The van der Waals surface area contributed by atoms with Crippen LogP contribution in [-0.4, -0.2) is 35.7 Å². The highest BCUT2D eigenvalue weighted by atomic mass is 16.5. The molecule has 2 aliphatic heterocycles. The summed E-state index contributed by atoms with van der Waals surface area (Å²) in [6, 6.07) is 0. The van der Waals surface area contributed by atoms with Gasteiger partial charge < -0.3 is 15.2 Å². The Morgan fingerprint density at radius 2 is 1.90 bits per heavy atom. The van der Waals surface area contributed by atoms with E-state index < -0.39 is 23.9 Å². The minimum absolute atomic E-state index is 0.186. The topological polar surface area (TPSA) is 75.6 Å². The summed E-state index contributed by atoms with van der Waals surface area (Å²) in [4.78, 5) is 23.7. The van der Waals surface area contributed by atoms with Crippen LogP contribution in [0.4, 0.5) is 0 Å². The van der Waals surface area contributed by atoms with Crippen molar-refractivity contribution in [2.24, 2.45) is 17.8 Å². The average Bonchev–Trinajstić information content (AvgIpc) is 3.07. The number of hydrogen-bond acceptors (Lipinski definition) is 3. The third-order valence-corrected chi connectivity index (χ3v) is 4.60. The normalized spacial score (nSPS) is 31.3. The van der Waals surface area contributed by atoms with Gasteiger partial charge in [0.15, 0.2) is 0 Å². The van der Waals surface area contributed by atoms with Crippen LogP contribution in [-0.2, 0) is 14.3 Å². The van der Waals surface area contributed by atoms with Crippen molar-refractivity contribution in [1.82, 2.24) is 5.32 Å². The Bertz CT molecular complexity index is 421. The van der Waals surface area contributed by atoms with Crippen LogP contribution < -0.4 is 5.32 Å². The van der Waals surface area contributed by atoms with E-state index in [0.717, 1.165) is 25.7 Å². The highest BCUT2D eigenvalue weighted by molar-refractivity contribution is 5.87. The molecule has 2 rings (SSSR count). The number of ether oxygens (including phenoxy) is 1. The standard InChI is InChI=1S/C16H25NO4/c1-3-5-6-10(4-2)9-17-15(18)13-11-7-8-12(21-11)14(13)16(19)20/h7-8,10-14H,3-6,9H2,1-2H3,(H,17,18)(H,19,20)/t10-,11-,12+,13+,14-/m0/s1. The number of carbonyl (C=O) groups is 2. The van der Waals surface area contributed by atoms with Crippen LogP contribution >= 0.6 is 0 Å². The zero-order chi connectivity index (χ0) is 15.4. The molecule has 0 aromatic heterocycles. The fourth-order valence-electron chi connectivity index (χ4n) is 3.22. The summed E-state index contributed by atoms with van der Waals surface area (Å²) in [5, 5.41) is 12.2. The zero-order valence-corrected chi connectivity index (χ0v) is 12.7. The Kier molecular flexibility index (Phi) is 5.39. The lowest BCUT2D eigenvalue weighted by Crippen LogP contribution is -2.43. The SMILES string of the molecule is CCCC[C@H](CC)CNC(=O)[C@H]1[C@@H](C(=O)O)[C@H]2C=C[C@@H]1O2. The molecule has 0 saturated carbocycles. The van der Waals surface area contributed by atoms with Crippen LogP contribution in [0.25, 0.3) is 0 Å². The van der Waals surface area contributed by atoms with E-state index in [2.05, 4.69) is 19.2 Å². The van der Waals surface area contributed by atoms with Crippen LogP contribution in [0.3, 0.4) is 0 Å². The Morgan fingerprint density at radius 3 is 2.48 bits per heavy atom. The fourth-order valence-corrected chi connectivity index (χ4v) is 3.22. The van der Waals surface area contributed by atoms with E-state index in [-0.39, 0.29) is 12.0 Å². The molecule has 1 saturated heterocycles. The molecule has 2 bridgehead atoms. The number of carboxylic acids is 1. The minimum atomic E-state index is -0.954. The Morgan fingerprint density at radius 1 is 1.24 bits per heavy atom. The maximum absolute atomic E-state index is 12.4. The molecule has 0 spiro atoms. The van der Waals surface area contributed by atoms with Gasteiger partial charge in [-0.1, -0.05) is 45.3 Å². The third-order valence-electron chi connectivity index (χ3n) is 4.60. The Balaban J connectivity index is 1.90. The predicted molar refractivity (Wildman–Crippen MR) is 78.7 cm³/mol. The molecule has 5 heteroatoms. The molecule has 0 aliphatic carbocycles. The first-order valence-electron chi connectivity index (χ1n) is 7.92. The van der Waals surface area contributed by atoms with Crippen molar-refractivity contribution in [1.29, 1.82) is 0 Å². The molecule has 1 amide bonds. The second-order valence-electron chi connectivity index (χ2n) is 6.00. The summed E-state index contributed by atoms with van der Waals surface area (Å²) in [5.74, 6) is -2.02. The molecule has 1 fully saturated rings. The Hall–Kier alpha value is -1.36. The number of fused-ring (bicyclic) bond motifs is 2. The van der Waals surface area contributed by atoms with Gasteiger partial charge in [0, 0.05) is 6.54 Å². The minimum Gasteiger partial charge on any atom is -0.481 e. The number of nitrogens with one attached hydrogen (secondary N) is 1. The van der Waals surface area contributed by atoms with Gasteiger partial charge in [0.05, 0.1) is 18.1 Å². The predicted octanol–water partition coefficient (Wildman–Crippen LogP) is 1.97. The molecule has 0 aromatic carbocycles. The zero-order valence-electron chi connectivity index (χ0n) is 12.7. The lowest BCUT2D eigenvalue weighted by atomic mass is 9.82.